The molecule has 0 unspecified atom stereocenters. The number of anilines is 2. The number of hydrogen-bond acceptors (Lipinski definition) is 4. The Bertz CT molecular complexity index is 5220. The minimum Gasteiger partial charge on any atom is -0.345 e. The number of fused-ring (bicyclic) bond motifs is 9. The number of hydrogen-bond donors (Lipinski definition) is 0. The van der Waals surface area contributed by atoms with Crippen LogP contribution in [0.25, 0.3) is 100 Å². The number of benzene rings is 13. The molecule has 4 heterocycles. The van der Waals surface area contributed by atoms with Gasteiger partial charge < -0.3 is 9.38 Å². The third-order valence-corrected chi connectivity index (χ3v) is 22.9. The molecular weight excluding hydrogens is 1100 g/mol. The van der Waals surface area contributed by atoms with Gasteiger partial charge in [-0.05, 0) is 96.5 Å². The summed E-state index contributed by atoms with van der Waals surface area (Å²) in [5.74, 6) is 1.62. The minimum absolute atomic E-state index is 0.282. The number of rotatable bonds is 11. The molecular formula is C81H55BN6Si. The summed E-state index contributed by atoms with van der Waals surface area (Å²) in [6.07, 6.45) is 0. The lowest BCUT2D eigenvalue weighted by Gasteiger charge is -2.37. The standard InChI is InChI=1S/C81H55BN6Si/c1-5-26-56(27-6-1)58-30-23-37-64(52-58)89(63-35-11-4-12-36-63,65-38-24-31-59(53-65)57-28-7-2-8-29-57)66-39-25-32-60(54-66)79-83-80(85-81(84-79)88-78-49-22-17-41-68(78)67-40-13-18-45-73(67)82(88)61-33-9-3-10-34-61)87-76-48-21-16-44-71(76)72-55-62(50-51-77(72)87)86-74-46-19-14-42-69(74)70-43-15-20-47-75(70)86/h1-55H. The molecule has 3 aromatic heterocycles. The molecule has 8 heteroatoms. The van der Waals surface area contributed by atoms with Crippen LogP contribution in [-0.4, -0.2) is 39.0 Å². The zero-order valence-electron chi connectivity index (χ0n) is 48.5. The normalized spacial score (nSPS) is 12.2. The van der Waals surface area contributed by atoms with Gasteiger partial charge in [-0.3, -0.25) is 4.57 Å². The Labute approximate surface area is 517 Å². The van der Waals surface area contributed by atoms with Gasteiger partial charge in [-0.2, -0.15) is 15.0 Å². The van der Waals surface area contributed by atoms with Crippen LogP contribution >= 0.6 is 0 Å². The van der Waals surface area contributed by atoms with E-state index in [0.29, 0.717) is 17.7 Å². The zero-order chi connectivity index (χ0) is 58.8. The second-order valence-corrected chi connectivity index (χ2v) is 26.9. The molecule has 0 saturated carbocycles. The second-order valence-electron chi connectivity index (χ2n) is 23.1. The van der Waals surface area contributed by atoms with Crippen LogP contribution in [0.3, 0.4) is 0 Å². The van der Waals surface area contributed by atoms with Crippen molar-refractivity contribution in [3.8, 4) is 56.4 Å². The Morgan fingerprint density at radius 3 is 1.34 bits per heavy atom. The maximum Gasteiger partial charge on any atom is 0.331 e. The highest BCUT2D eigenvalue weighted by molar-refractivity contribution is 7.20. The molecule has 0 bridgehead atoms. The van der Waals surface area contributed by atoms with Crippen LogP contribution in [0.5, 0.6) is 0 Å². The first-order chi connectivity index (χ1) is 44.2. The molecule has 6 nitrogen and oxygen atoms in total. The molecule has 0 aliphatic carbocycles. The molecule has 416 valence electrons. The van der Waals surface area contributed by atoms with Crippen molar-refractivity contribution in [2.45, 2.75) is 0 Å². The highest BCUT2D eigenvalue weighted by atomic mass is 28.3. The topological polar surface area (TPSA) is 51.8 Å². The van der Waals surface area contributed by atoms with Gasteiger partial charge in [0.15, 0.2) is 13.9 Å². The van der Waals surface area contributed by atoms with Crippen molar-refractivity contribution in [1.29, 1.82) is 0 Å². The maximum atomic E-state index is 5.80. The van der Waals surface area contributed by atoms with Crippen LogP contribution in [0.15, 0.2) is 334 Å². The summed E-state index contributed by atoms with van der Waals surface area (Å²) in [4.78, 5) is 19.7. The van der Waals surface area contributed by atoms with E-state index in [2.05, 4.69) is 348 Å². The molecule has 0 spiro atoms. The lowest BCUT2D eigenvalue weighted by Crippen LogP contribution is -2.74. The Hall–Kier alpha value is -11.4. The van der Waals surface area contributed by atoms with E-state index < -0.39 is 8.07 Å². The molecule has 0 N–H and O–H groups in total. The summed E-state index contributed by atoms with van der Waals surface area (Å²) in [6, 6.07) is 122. The number of aromatic nitrogens is 5. The fourth-order valence-electron chi connectivity index (χ4n) is 14.3. The van der Waals surface area contributed by atoms with Gasteiger partial charge in [-0.25, -0.2) is 0 Å². The van der Waals surface area contributed by atoms with Crippen LogP contribution in [0, 0.1) is 0 Å². The maximum absolute atomic E-state index is 5.80. The van der Waals surface area contributed by atoms with Crippen LogP contribution < -0.4 is 36.5 Å². The van der Waals surface area contributed by atoms with Crippen molar-refractivity contribution in [3.05, 3.63) is 334 Å². The summed E-state index contributed by atoms with van der Waals surface area (Å²) in [5, 5.41) is 9.65. The molecule has 1 aliphatic heterocycles. The van der Waals surface area contributed by atoms with Gasteiger partial charge in [-0.1, -0.05) is 297 Å². The minimum atomic E-state index is -3.27. The summed E-state index contributed by atoms with van der Waals surface area (Å²) in [7, 11) is -3.27. The first kappa shape index (κ1) is 51.9. The molecule has 13 aromatic carbocycles. The second kappa shape index (κ2) is 21.5. The molecule has 0 saturated heterocycles. The van der Waals surface area contributed by atoms with Gasteiger partial charge in [0.25, 0.3) is 0 Å². The smallest absolute Gasteiger partial charge is 0.331 e. The van der Waals surface area contributed by atoms with E-state index in [4.69, 9.17) is 15.0 Å². The Morgan fingerprint density at radius 1 is 0.281 bits per heavy atom. The van der Waals surface area contributed by atoms with Gasteiger partial charge in [0.1, 0.15) is 0 Å². The SMILES string of the molecule is c1ccc(B2c3ccccc3-c3ccccc3N2c2nc(-c3cccc([Si](c4ccccc4)(c4cccc(-c5ccccc5)c4)c4cccc(-c5ccccc5)c4)c3)nc(-n3c4ccccc4c4cc(-n5c6ccccc6c6ccccc65)ccc43)n2)cc1. The lowest BCUT2D eigenvalue weighted by molar-refractivity contribution is 0.940. The molecule has 89 heavy (non-hydrogen) atoms. The summed E-state index contributed by atoms with van der Waals surface area (Å²) in [5.41, 5.74) is 16.6. The third kappa shape index (κ3) is 8.59. The molecule has 17 rings (SSSR count). The predicted octanol–water partition coefficient (Wildman–Crippen LogP) is 15.4. The number of para-hydroxylation sites is 4. The van der Waals surface area contributed by atoms with Gasteiger partial charge >= 0.3 is 6.85 Å². The van der Waals surface area contributed by atoms with Crippen molar-refractivity contribution in [2.75, 3.05) is 4.81 Å². The van der Waals surface area contributed by atoms with E-state index in [9.17, 15) is 0 Å². The molecule has 0 amide bonds. The van der Waals surface area contributed by atoms with Crippen LogP contribution in [0.4, 0.5) is 11.6 Å². The van der Waals surface area contributed by atoms with Crippen molar-refractivity contribution in [2.24, 2.45) is 0 Å². The van der Waals surface area contributed by atoms with Gasteiger partial charge in [0.2, 0.25) is 11.9 Å². The first-order valence-corrected chi connectivity index (χ1v) is 32.4. The average molecular weight is 1150 g/mol. The largest absolute Gasteiger partial charge is 0.345 e. The monoisotopic (exact) mass is 1150 g/mol. The Morgan fingerprint density at radius 2 is 0.719 bits per heavy atom. The third-order valence-electron chi connectivity index (χ3n) is 18.2. The highest BCUT2D eigenvalue weighted by Gasteiger charge is 2.43. The summed E-state index contributed by atoms with van der Waals surface area (Å²) >= 11 is 0. The lowest BCUT2D eigenvalue weighted by atomic mass is 9.46. The quantitative estimate of drug-likeness (QED) is 0.0957. The Balaban J connectivity index is 0.939. The van der Waals surface area contributed by atoms with E-state index in [1.54, 1.807) is 0 Å². The average Bonchev–Trinajstić information content (AvgIpc) is 1.94. The van der Waals surface area contributed by atoms with Crippen molar-refractivity contribution >= 4 is 102 Å². The first-order valence-electron chi connectivity index (χ1n) is 30.4. The molecule has 0 fully saturated rings. The summed E-state index contributed by atoms with van der Waals surface area (Å²) < 4.78 is 4.65. The van der Waals surface area contributed by atoms with Gasteiger partial charge in [0, 0.05) is 44.0 Å². The number of nitrogens with zero attached hydrogens (tertiary/aromatic N) is 6. The van der Waals surface area contributed by atoms with Crippen LogP contribution in [0.2, 0.25) is 0 Å². The molecule has 16 aromatic rings. The van der Waals surface area contributed by atoms with E-state index in [1.807, 2.05) is 0 Å². The highest BCUT2D eigenvalue weighted by Crippen LogP contribution is 2.41. The Kier molecular flexibility index (Phi) is 12.5. The van der Waals surface area contributed by atoms with E-state index in [0.717, 1.165) is 60.8 Å². The van der Waals surface area contributed by atoms with Gasteiger partial charge in [-0.15, -0.1) is 0 Å². The molecule has 0 atom stereocenters. The fraction of sp³-hybridized carbons (Fsp3) is 0. The van der Waals surface area contributed by atoms with Crippen molar-refractivity contribution in [3.63, 3.8) is 0 Å². The van der Waals surface area contributed by atoms with Crippen LogP contribution in [-0.2, 0) is 0 Å². The van der Waals surface area contributed by atoms with Crippen molar-refractivity contribution < 1.29 is 0 Å². The van der Waals surface area contributed by atoms with E-state index in [1.165, 1.54) is 64.8 Å². The molecule has 1 aliphatic rings. The summed E-state index contributed by atoms with van der Waals surface area (Å²) in [6.45, 7) is -0.282. The van der Waals surface area contributed by atoms with E-state index >= 15 is 0 Å². The molecule has 0 radical (unpaired) electrons. The van der Waals surface area contributed by atoms with E-state index in [-0.39, 0.29) is 6.85 Å². The predicted molar refractivity (Wildman–Crippen MR) is 374 cm³/mol. The zero-order valence-corrected chi connectivity index (χ0v) is 49.5. The fourth-order valence-corrected chi connectivity index (χ4v) is 19.1. The van der Waals surface area contributed by atoms with Gasteiger partial charge in [0.05, 0.1) is 22.1 Å². The van der Waals surface area contributed by atoms with Crippen LogP contribution in [0.1, 0.15) is 0 Å². The van der Waals surface area contributed by atoms with Crippen molar-refractivity contribution in [1.82, 2.24) is 24.1 Å².